The highest BCUT2D eigenvalue weighted by molar-refractivity contribution is 7.90. The fourth-order valence-electron chi connectivity index (χ4n) is 0.995. The van der Waals surface area contributed by atoms with E-state index in [1.807, 2.05) is 0 Å². The van der Waals surface area contributed by atoms with Crippen LogP contribution in [-0.2, 0) is 20.2 Å². The molecule has 0 unspecified atom stereocenters. The van der Waals surface area contributed by atoms with Gasteiger partial charge in [0.1, 0.15) is 9.79 Å². The van der Waals surface area contributed by atoms with Gasteiger partial charge in [0.15, 0.2) is 0 Å². The fourth-order valence-corrected chi connectivity index (χ4v) is 3.76. The van der Waals surface area contributed by atoms with Crippen LogP contribution in [0, 0.1) is 0 Å². The zero-order valence-corrected chi connectivity index (χ0v) is 10.8. The van der Waals surface area contributed by atoms with Crippen LogP contribution in [0.25, 0.3) is 0 Å². The first-order valence-electron chi connectivity index (χ1n) is 3.55. The van der Waals surface area contributed by atoms with Crippen LogP contribution in [0.5, 0.6) is 0 Å². The molecule has 0 saturated heterocycles. The normalized spacial score (nSPS) is 12.8. The van der Waals surface area contributed by atoms with Gasteiger partial charge in [0.25, 0.3) is 20.2 Å². The minimum absolute atomic E-state index is 0.0448. The summed E-state index contributed by atoms with van der Waals surface area (Å²) in [5, 5.41) is 0. The molecule has 2 N–H and O–H groups in total. The van der Waals surface area contributed by atoms with Gasteiger partial charge < -0.3 is 0 Å². The highest BCUT2D eigenvalue weighted by Crippen LogP contribution is 2.31. The second kappa shape index (κ2) is 4.20. The second-order valence-electron chi connectivity index (χ2n) is 2.71. The maximum atomic E-state index is 11.0. The summed E-state index contributed by atoms with van der Waals surface area (Å²) in [4.78, 5) is -2.26. The van der Waals surface area contributed by atoms with Crippen LogP contribution >= 0.6 is 25.3 Å². The van der Waals surface area contributed by atoms with E-state index in [1.54, 1.807) is 0 Å². The molecule has 1 rings (SSSR count). The molecule has 1 aromatic carbocycles. The van der Waals surface area contributed by atoms with Gasteiger partial charge >= 0.3 is 0 Å². The first-order chi connectivity index (χ1) is 7.05. The van der Waals surface area contributed by atoms with Crippen molar-refractivity contribution in [2.45, 2.75) is 19.6 Å². The van der Waals surface area contributed by atoms with E-state index in [1.165, 1.54) is 0 Å². The summed E-state index contributed by atoms with van der Waals surface area (Å²) in [6, 6.07) is 1.93. The van der Waals surface area contributed by atoms with Crippen molar-refractivity contribution >= 4 is 45.5 Å². The average molecular weight is 302 g/mol. The Labute approximate surface area is 103 Å². The van der Waals surface area contributed by atoms with Gasteiger partial charge in [-0.1, -0.05) is 0 Å². The number of thiol groups is 2. The van der Waals surface area contributed by atoms with Gasteiger partial charge in [-0.3, -0.25) is 9.11 Å². The molecule has 0 spiro atoms. The van der Waals surface area contributed by atoms with E-state index >= 15 is 0 Å². The fraction of sp³-hybridized carbons (Fsp3) is 0. The number of hydrogen-bond donors (Lipinski definition) is 4. The Balaban J connectivity index is 3.88. The third-order valence-electron chi connectivity index (χ3n) is 1.61. The first kappa shape index (κ1) is 13.8. The van der Waals surface area contributed by atoms with Crippen LogP contribution in [0.4, 0.5) is 0 Å². The standard InChI is InChI=1S/C6H6O6S4/c7-15(8,9)4-2-1-3(13)5(14)6(4)16(10,11)12/h1-2,13-14H,(H,7,8,9)(H,10,11,12). The van der Waals surface area contributed by atoms with Gasteiger partial charge in [-0.2, -0.15) is 16.8 Å². The van der Waals surface area contributed by atoms with Gasteiger partial charge in [-0.25, -0.2) is 0 Å². The third kappa shape index (κ3) is 2.70. The minimum Gasteiger partial charge on any atom is -0.282 e. The van der Waals surface area contributed by atoms with Gasteiger partial charge in [-0.15, -0.1) is 25.3 Å². The zero-order valence-electron chi connectivity index (χ0n) is 7.39. The molecular weight excluding hydrogens is 296 g/mol. The van der Waals surface area contributed by atoms with Crippen LogP contribution in [0.3, 0.4) is 0 Å². The third-order valence-corrected chi connectivity index (χ3v) is 4.74. The van der Waals surface area contributed by atoms with Gasteiger partial charge in [-0.05, 0) is 12.1 Å². The van der Waals surface area contributed by atoms with E-state index < -0.39 is 30.0 Å². The monoisotopic (exact) mass is 302 g/mol. The van der Waals surface area contributed by atoms with E-state index in [0.29, 0.717) is 0 Å². The lowest BCUT2D eigenvalue weighted by Crippen LogP contribution is -2.09. The Kier molecular flexibility index (Phi) is 3.62. The molecule has 0 amide bonds. The average Bonchev–Trinajstić information content (AvgIpc) is 2.05. The minimum atomic E-state index is -4.83. The van der Waals surface area contributed by atoms with Crippen LogP contribution in [-0.4, -0.2) is 25.9 Å². The molecule has 1 aromatic rings. The second-order valence-corrected chi connectivity index (χ2v) is 6.39. The number of rotatable bonds is 2. The van der Waals surface area contributed by atoms with Crippen molar-refractivity contribution in [3.05, 3.63) is 12.1 Å². The molecule has 10 heteroatoms. The first-order valence-corrected chi connectivity index (χ1v) is 7.32. The van der Waals surface area contributed by atoms with Crippen molar-refractivity contribution in [2.75, 3.05) is 0 Å². The summed E-state index contributed by atoms with van der Waals surface area (Å²) in [6.07, 6.45) is 0. The Hall–Kier alpha value is -0.260. The molecule has 0 fully saturated rings. The molecule has 0 radical (unpaired) electrons. The Bertz CT molecular complexity index is 629. The molecule has 90 valence electrons. The largest absolute Gasteiger partial charge is 0.297 e. The molecule has 0 atom stereocenters. The van der Waals surface area contributed by atoms with E-state index in [-0.39, 0.29) is 9.79 Å². The Morgan fingerprint density at radius 3 is 1.81 bits per heavy atom. The summed E-state index contributed by atoms with van der Waals surface area (Å²) in [7, 11) is -9.61. The summed E-state index contributed by atoms with van der Waals surface area (Å²) < 4.78 is 61.3. The van der Waals surface area contributed by atoms with Crippen molar-refractivity contribution in [3.8, 4) is 0 Å². The topological polar surface area (TPSA) is 109 Å². The van der Waals surface area contributed by atoms with Gasteiger partial charge in [0, 0.05) is 9.79 Å². The Morgan fingerprint density at radius 1 is 0.938 bits per heavy atom. The van der Waals surface area contributed by atoms with Gasteiger partial charge in [0.05, 0.1) is 0 Å². The highest BCUT2D eigenvalue weighted by atomic mass is 32.2. The molecule has 0 heterocycles. The predicted molar refractivity (Wildman–Crippen MR) is 60.6 cm³/mol. The molecule has 6 nitrogen and oxygen atoms in total. The molecule has 0 aliphatic carbocycles. The number of hydrogen-bond acceptors (Lipinski definition) is 6. The molecule has 16 heavy (non-hydrogen) atoms. The lowest BCUT2D eigenvalue weighted by Gasteiger charge is -2.08. The van der Waals surface area contributed by atoms with Crippen molar-refractivity contribution in [1.29, 1.82) is 0 Å². The molecule has 0 aromatic heterocycles. The highest BCUT2D eigenvalue weighted by Gasteiger charge is 2.27. The molecule has 0 aliphatic rings. The lowest BCUT2D eigenvalue weighted by atomic mass is 10.3. The summed E-state index contributed by atoms with van der Waals surface area (Å²) in [5.74, 6) is 0. The molecule has 0 bridgehead atoms. The summed E-state index contributed by atoms with van der Waals surface area (Å²) >= 11 is 7.53. The smallest absolute Gasteiger partial charge is 0.282 e. The number of benzene rings is 1. The van der Waals surface area contributed by atoms with E-state index in [0.717, 1.165) is 12.1 Å². The van der Waals surface area contributed by atoms with E-state index in [4.69, 9.17) is 9.11 Å². The summed E-state index contributed by atoms with van der Waals surface area (Å²) in [6.45, 7) is 0. The molecular formula is C6H6O6S4. The van der Waals surface area contributed by atoms with Crippen molar-refractivity contribution in [1.82, 2.24) is 0 Å². The van der Waals surface area contributed by atoms with Crippen LogP contribution in [0.1, 0.15) is 0 Å². The Morgan fingerprint density at radius 2 is 1.44 bits per heavy atom. The van der Waals surface area contributed by atoms with Crippen molar-refractivity contribution in [2.24, 2.45) is 0 Å². The predicted octanol–water partition coefficient (Wildman–Crippen LogP) is 0.757. The van der Waals surface area contributed by atoms with Crippen LogP contribution < -0.4 is 0 Å². The van der Waals surface area contributed by atoms with Crippen LogP contribution in [0.15, 0.2) is 31.7 Å². The van der Waals surface area contributed by atoms with Gasteiger partial charge in [0.2, 0.25) is 0 Å². The molecule has 0 aliphatic heterocycles. The zero-order chi connectivity index (χ0) is 12.7. The maximum absolute atomic E-state index is 11.0. The lowest BCUT2D eigenvalue weighted by molar-refractivity contribution is 0.463. The molecule has 0 saturated carbocycles. The summed E-state index contributed by atoms with van der Waals surface area (Å²) in [5.41, 5.74) is 0. The van der Waals surface area contributed by atoms with Crippen LogP contribution in [0.2, 0.25) is 0 Å². The van der Waals surface area contributed by atoms with Crippen molar-refractivity contribution in [3.63, 3.8) is 0 Å². The maximum Gasteiger partial charge on any atom is 0.297 e. The quantitative estimate of drug-likeness (QED) is 0.474. The van der Waals surface area contributed by atoms with E-state index in [2.05, 4.69) is 25.3 Å². The van der Waals surface area contributed by atoms with E-state index in [9.17, 15) is 16.8 Å². The SMILES string of the molecule is O=S(=O)(O)c1ccc(S)c(S)c1S(=O)(=O)O. The van der Waals surface area contributed by atoms with Crippen molar-refractivity contribution < 1.29 is 25.9 Å².